The van der Waals surface area contributed by atoms with Gasteiger partial charge >= 0.3 is 5.97 Å². The summed E-state index contributed by atoms with van der Waals surface area (Å²) in [5.74, 6) is -1.10. The van der Waals surface area contributed by atoms with Crippen LogP contribution < -0.4 is 0 Å². The van der Waals surface area contributed by atoms with Crippen LogP contribution in [0.25, 0.3) is 11.0 Å². The van der Waals surface area contributed by atoms with Crippen molar-refractivity contribution < 1.29 is 22.7 Å². The van der Waals surface area contributed by atoms with Gasteiger partial charge in [-0.05, 0) is 37.5 Å². The first kappa shape index (κ1) is 22.0. The van der Waals surface area contributed by atoms with Crippen molar-refractivity contribution in [2.75, 3.05) is 13.2 Å². The van der Waals surface area contributed by atoms with Crippen molar-refractivity contribution in [3.63, 3.8) is 0 Å². The number of sulfonamides is 1. The maximum Gasteiger partial charge on any atom is 0.324 e. The van der Waals surface area contributed by atoms with E-state index in [1.165, 1.54) is 6.07 Å². The number of carbonyl (C=O) groups is 2. The Kier molecular flexibility index (Phi) is 6.47. The predicted octanol–water partition coefficient (Wildman–Crippen LogP) is 3.42. The summed E-state index contributed by atoms with van der Waals surface area (Å²) >= 11 is 4.23. The van der Waals surface area contributed by atoms with Crippen molar-refractivity contribution in [2.45, 2.75) is 30.2 Å². The normalized spacial score (nSPS) is 17.5. The highest BCUT2D eigenvalue weighted by molar-refractivity contribution is 9.10. The highest BCUT2D eigenvalue weighted by Crippen LogP contribution is 2.30. The fraction of sp³-hybridized carbons (Fsp3) is 0.300. The van der Waals surface area contributed by atoms with Gasteiger partial charge in [0, 0.05) is 16.6 Å². The Hall–Kier alpha value is -2.21. The van der Waals surface area contributed by atoms with Crippen molar-refractivity contribution in [2.24, 2.45) is 0 Å². The van der Waals surface area contributed by atoms with Crippen LogP contribution >= 0.6 is 27.7 Å². The Morgan fingerprint density at radius 3 is 2.74 bits per heavy atom. The minimum atomic E-state index is -4.01. The fourth-order valence-corrected chi connectivity index (χ4v) is 6.45. The molecule has 1 aliphatic rings. The van der Waals surface area contributed by atoms with Gasteiger partial charge in [-0.3, -0.25) is 9.59 Å². The average molecular weight is 524 g/mol. The van der Waals surface area contributed by atoms with Crippen LogP contribution in [0.2, 0.25) is 0 Å². The zero-order valence-corrected chi connectivity index (χ0v) is 19.5. The lowest BCUT2D eigenvalue weighted by atomic mass is 10.1. The number of ketones is 1. The molecular weight excluding hydrogens is 506 g/mol. The molecule has 2 aromatic carbocycles. The minimum absolute atomic E-state index is 0.0164. The molecule has 8 nitrogen and oxygen atoms in total. The Balaban J connectivity index is 1.54. The second kappa shape index (κ2) is 9.11. The molecule has 1 saturated heterocycles. The molecule has 2 heterocycles. The number of ether oxygens (including phenoxy) is 1. The third-order valence-electron chi connectivity index (χ3n) is 5.08. The average Bonchev–Trinajstić information content (AvgIpc) is 3.26. The summed E-state index contributed by atoms with van der Waals surface area (Å²) in [5.41, 5.74) is 1.17. The van der Waals surface area contributed by atoms with E-state index in [9.17, 15) is 18.0 Å². The highest BCUT2D eigenvalue weighted by Gasteiger charge is 2.39. The topological polar surface area (TPSA) is 107 Å². The molecular formula is C20H18BrN3O5S2. The third kappa shape index (κ3) is 4.40. The van der Waals surface area contributed by atoms with Gasteiger partial charge in [-0.1, -0.05) is 40.2 Å². The molecule has 3 aromatic rings. The summed E-state index contributed by atoms with van der Waals surface area (Å²) in [5, 5.41) is 0. The smallest absolute Gasteiger partial charge is 0.324 e. The van der Waals surface area contributed by atoms with Crippen LogP contribution in [0.3, 0.4) is 0 Å². The second-order valence-electron chi connectivity index (χ2n) is 7.03. The van der Waals surface area contributed by atoms with E-state index in [2.05, 4.69) is 24.7 Å². The number of hydrogen-bond acceptors (Lipinski definition) is 8. The quantitative estimate of drug-likeness (QED) is 0.359. The van der Waals surface area contributed by atoms with Crippen molar-refractivity contribution in [1.29, 1.82) is 0 Å². The van der Waals surface area contributed by atoms with Gasteiger partial charge in [0.05, 0.1) is 11.7 Å². The number of piperidine rings is 1. The lowest BCUT2D eigenvalue weighted by Gasteiger charge is -2.32. The van der Waals surface area contributed by atoms with Crippen LogP contribution in [-0.2, 0) is 19.6 Å². The van der Waals surface area contributed by atoms with E-state index in [0.29, 0.717) is 34.8 Å². The van der Waals surface area contributed by atoms with Gasteiger partial charge in [-0.15, -0.1) is 0 Å². The lowest BCUT2D eigenvalue weighted by molar-refractivity contribution is -0.148. The number of halogens is 1. The number of aromatic nitrogens is 2. The summed E-state index contributed by atoms with van der Waals surface area (Å²) in [6.07, 6.45) is 1.64. The molecule has 0 aliphatic carbocycles. The predicted molar refractivity (Wildman–Crippen MR) is 118 cm³/mol. The molecule has 4 rings (SSSR count). The Morgan fingerprint density at radius 1 is 1.13 bits per heavy atom. The van der Waals surface area contributed by atoms with Crippen LogP contribution in [0.15, 0.2) is 51.8 Å². The lowest BCUT2D eigenvalue weighted by Crippen LogP contribution is -2.48. The molecule has 0 radical (unpaired) electrons. The van der Waals surface area contributed by atoms with Crippen LogP contribution in [0.4, 0.5) is 0 Å². The van der Waals surface area contributed by atoms with E-state index < -0.39 is 28.6 Å². The van der Waals surface area contributed by atoms with Crippen LogP contribution in [0.1, 0.15) is 29.6 Å². The summed E-state index contributed by atoms with van der Waals surface area (Å²) in [6.45, 7) is -0.272. The van der Waals surface area contributed by atoms with E-state index >= 15 is 0 Å². The molecule has 0 amide bonds. The van der Waals surface area contributed by atoms with E-state index in [4.69, 9.17) is 4.74 Å². The fourth-order valence-electron chi connectivity index (χ4n) is 3.54. The van der Waals surface area contributed by atoms with Gasteiger partial charge in [-0.25, -0.2) is 8.42 Å². The third-order valence-corrected chi connectivity index (χ3v) is 8.26. The molecule has 1 aromatic heterocycles. The van der Waals surface area contributed by atoms with Crippen LogP contribution in [-0.4, -0.2) is 52.4 Å². The first-order valence-corrected chi connectivity index (χ1v) is 12.5. The second-order valence-corrected chi connectivity index (χ2v) is 10.3. The van der Waals surface area contributed by atoms with Gasteiger partial charge in [0.15, 0.2) is 6.61 Å². The number of benzene rings is 2. The number of hydrogen-bond donors (Lipinski definition) is 0. The van der Waals surface area contributed by atoms with E-state index in [-0.39, 0.29) is 22.7 Å². The summed E-state index contributed by atoms with van der Waals surface area (Å²) in [4.78, 5) is 25.2. The molecule has 0 saturated carbocycles. The van der Waals surface area contributed by atoms with Crippen LogP contribution in [0.5, 0.6) is 0 Å². The largest absolute Gasteiger partial charge is 0.456 e. The highest BCUT2D eigenvalue weighted by atomic mass is 79.9. The number of Topliss-reactive ketones (excluding diaryl/α,β-unsaturated/α-hetero) is 1. The molecule has 162 valence electrons. The van der Waals surface area contributed by atoms with Crippen molar-refractivity contribution in [1.82, 2.24) is 13.1 Å². The molecule has 31 heavy (non-hydrogen) atoms. The summed E-state index contributed by atoms with van der Waals surface area (Å²) in [7, 11) is -4.01. The zero-order valence-electron chi connectivity index (χ0n) is 16.2. The number of carbonyl (C=O) groups excluding carboxylic acids is 2. The van der Waals surface area contributed by atoms with E-state index in [1.807, 2.05) is 0 Å². The van der Waals surface area contributed by atoms with Gasteiger partial charge in [0.25, 0.3) is 0 Å². The van der Waals surface area contributed by atoms with E-state index in [1.54, 1.807) is 36.4 Å². The molecule has 0 spiro atoms. The van der Waals surface area contributed by atoms with Crippen molar-refractivity contribution in [3.8, 4) is 0 Å². The van der Waals surface area contributed by atoms with Gasteiger partial charge < -0.3 is 4.74 Å². The molecule has 0 bridgehead atoms. The Morgan fingerprint density at radius 2 is 1.94 bits per heavy atom. The standard InChI is InChI=1S/C20H18BrN3O5S2/c21-14-7-2-1-6-13(14)17(25)12-29-20(26)16-9-3-4-11-24(16)31(27,28)18-10-5-8-15-19(18)23-30-22-15/h1-2,5-8,10,16H,3-4,9,11-12H2/t16-/m1/s1. The first-order valence-electron chi connectivity index (χ1n) is 9.57. The SMILES string of the molecule is O=C(COC(=O)[C@H]1CCCCN1S(=O)(=O)c1cccc2nsnc12)c1ccccc1Br. The van der Waals surface area contributed by atoms with Crippen molar-refractivity contribution >= 4 is 60.5 Å². The number of rotatable bonds is 6. The molecule has 0 unspecified atom stereocenters. The molecule has 1 aliphatic heterocycles. The molecule has 1 atom stereocenters. The number of fused-ring (bicyclic) bond motifs is 1. The molecule has 11 heteroatoms. The Labute approximate surface area is 191 Å². The summed E-state index contributed by atoms with van der Waals surface area (Å²) < 4.78 is 42.0. The maximum atomic E-state index is 13.4. The summed E-state index contributed by atoms with van der Waals surface area (Å²) in [6, 6.07) is 10.6. The Bertz CT molecular complexity index is 1240. The number of esters is 1. The van der Waals surface area contributed by atoms with Crippen LogP contribution in [0, 0.1) is 0 Å². The maximum absolute atomic E-state index is 13.4. The first-order chi connectivity index (χ1) is 14.9. The van der Waals surface area contributed by atoms with Crippen molar-refractivity contribution in [3.05, 3.63) is 52.5 Å². The minimum Gasteiger partial charge on any atom is -0.456 e. The van der Waals surface area contributed by atoms with Gasteiger partial charge in [0.2, 0.25) is 15.8 Å². The van der Waals surface area contributed by atoms with Gasteiger partial charge in [-0.2, -0.15) is 13.1 Å². The molecule has 1 fully saturated rings. The molecule has 0 N–H and O–H groups in total. The monoisotopic (exact) mass is 523 g/mol. The van der Waals surface area contributed by atoms with E-state index in [0.717, 1.165) is 16.0 Å². The number of nitrogens with zero attached hydrogens (tertiary/aromatic N) is 3. The zero-order chi connectivity index (χ0) is 22.0. The van der Waals surface area contributed by atoms with Gasteiger partial charge in [0.1, 0.15) is 22.0 Å².